The maximum absolute atomic E-state index is 12.7. The number of hydrogen-bond donors (Lipinski definition) is 1. The third kappa shape index (κ3) is 3.60. The van der Waals surface area contributed by atoms with Gasteiger partial charge in [-0.1, -0.05) is 23.2 Å². The van der Waals surface area contributed by atoms with Gasteiger partial charge in [0.25, 0.3) is 5.91 Å². The van der Waals surface area contributed by atoms with E-state index in [1.54, 1.807) is 0 Å². The van der Waals surface area contributed by atoms with Crippen molar-refractivity contribution in [2.45, 2.75) is 48.7 Å². The first-order chi connectivity index (χ1) is 12.1. The molecule has 0 spiro atoms. The van der Waals surface area contributed by atoms with Crippen LogP contribution in [0.2, 0.25) is 10.0 Å². The average molecular weight is 420 g/mol. The molecule has 0 radical (unpaired) electrons. The number of hydrogen-bond acceptors (Lipinski definition) is 4. The van der Waals surface area contributed by atoms with Gasteiger partial charge in [-0.2, -0.15) is 0 Å². The average Bonchev–Trinajstić information content (AvgIpc) is 2.76. The summed E-state index contributed by atoms with van der Waals surface area (Å²) >= 11 is 12.2. The molecule has 2 saturated heterocycles. The smallest absolute Gasteiger partial charge is 0.253 e. The van der Waals surface area contributed by atoms with Crippen molar-refractivity contribution in [3.63, 3.8) is 0 Å². The summed E-state index contributed by atoms with van der Waals surface area (Å²) in [5.74, 6) is -0.365. The summed E-state index contributed by atoms with van der Waals surface area (Å²) in [6.45, 7) is 0. The van der Waals surface area contributed by atoms with Gasteiger partial charge in [0.05, 0.1) is 15.6 Å². The number of carbonyl (C=O) groups excluding carboxylic acids is 1. The predicted octanol–water partition coefficient (Wildman–Crippen LogP) is 2.60. The summed E-state index contributed by atoms with van der Waals surface area (Å²) in [6.07, 6.45) is 4.10. The largest absolute Gasteiger partial charge is 0.349 e. The Kier molecular flexibility index (Phi) is 5.57. The number of piperidine rings is 1. The molecule has 9 heteroatoms. The minimum absolute atomic E-state index is 0.00224. The van der Waals surface area contributed by atoms with E-state index in [-0.39, 0.29) is 32.5 Å². The molecule has 26 heavy (non-hydrogen) atoms. The van der Waals surface area contributed by atoms with Crippen LogP contribution in [-0.4, -0.2) is 62.8 Å². The van der Waals surface area contributed by atoms with Gasteiger partial charge in [0.1, 0.15) is 4.90 Å². The molecule has 2 heterocycles. The Hall–Kier alpha value is -0.860. The van der Waals surface area contributed by atoms with Crippen LogP contribution in [0.5, 0.6) is 0 Å². The standard InChI is InChI=1S/C17H23Cl2N3O3S/c1-21(2)26(24,25)16-8-13(14(18)9-15(16)19)17(23)20-10-6-11-4-5-12(7-10)22(11)3/h8-12H,4-7H2,1-3H3,(H,20,23)/t10?,11-,12+. The van der Waals surface area contributed by atoms with Gasteiger partial charge in [-0.15, -0.1) is 0 Å². The fraction of sp³-hybridized carbons (Fsp3) is 0.588. The maximum Gasteiger partial charge on any atom is 0.253 e. The number of nitrogens with one attached hydrogen (secondary N) is 1. The van der Waals surface area contributed by atoms with Crippen LogP contribution in [0.4, 0.5) is 0 Å². The molecule has 1 unspecified atom stereocenters. The molecular weight excluding hydrogens is 397 g/mol. The van der Waals surface area contributed by atoms with Crippen LogP contribution in [-0.2, 0) is 10.0 Å². The van der Waals surface area contributed by atoms with E-state index in [4.69, 9.17) is 23.2 Å². The summed E-state index contributed by atoms with van der Waals surface area (Å²) in [5, 5.41) is 3.16. The SMILES string of the molecule is CN1[C@@H]2CC[C@H]1CC(NC(=O)c1cc(S(=O)(=O)N(C)C)c(Cl)cc1Cl)C2. The normalized spacial score (nSPS) is 26.3. The van der Waals surface area contributed by atoms with Gasteiger partial charge in [-0.3, -0.25) is 4.79 Å². The van der Waals surface area contributed by atoms with Gasteiger partial charge < -0.3 is 10.2 Å². The van der Waals surface area contributed by atoms with Crippen LogP contribution < -0.4 is 5.32 Å². The van der Waals surface area contributed by atoms with Crippen LogP contribution in [0, 0.1) is 0 Å². The van der Waals surface area contributed by atoms with Gasteiger partial charge in [0.2, 0.25) is 10.0 Å². The first kappa shape index (κ1) is 19.9. The Morgan fingerprint density at radius 2 is 1.73 bits per heavy atom. The molecule has 2 aliphatic heterocycles. The Labute approximate surface area is 164 Å². The summed E-state index contributed by atoms with van der Waals surface area (Å²) in [6, 6.07) is 3.62. The third-order valence-electron chi connectivity index (χ3n) is 5.46. The zero-order valence-electron chi connectivity index (χ0n) is 15.0. The Bertz CT molecular complexity index is 815. The molecule has 1 amide bonds. The molecule has 1 aromatic carbocycles. The number of halogens is 2. The molecule has 6 nitrogen and oxygen atoms in total. The topological polar surface area (TPSA) is 69.7 Å². The van der Waals surface area contributed by atoms with E-state index in [0.717, 1.165) is 30.0 Å². The van der Waals surface area contributed by atoms with E-state index >= 15 is 0 Å². The second-order valence-corrected chi connectivity index (χ2v) is 10.2. The van der Waals surface area contributed by atoms with Crippen molar-refractivity contribution in [1.29, 1.82) is 0 Å². The molecule has 1 aromatic rings. The van der Waals surface area contributed by atoms with Crippen LogP contribution in [0.15, 0.2) is 17.0 Å². The van der Waals surface area contributed by atoms with Crippen molar-refractivity contribution in [3.8, 4) is 0 Å². The summed E-state index contributed by atoms with van der Waals surface area (Å²) in [5.41, 5.74) is 0.128. The molecule has 3 rings (SSSR count). The quantitative estimate of drug-likeness (QED) is 0.813. The molecule has 2 fully saturated rings. The molecule has 0 saturated carbocycles. The molecule has 0 aromatic heterocycles. The summed E-state index contributed by atoms with van der Waals surface area (Å²) < 4.78 is 25.9. The van der Waals surface area contributed by atoms with Crippen LogP contribution in [0.1, 0.15) is 36.0 Å². The minimum Gasteiger partial charge on any atom is -0.349 e. The number of sulfonamides is 1. The van der Waals surface area contributed by atoms with Crippen LogP contribution >= 0.6 is 23.2 Å². The number of nitrogens with zero attached hydrogens (tertiary/aromatic N) is 2. The lowest BCUT2D eigenvalue weighted by Gasteiger charge is -2.36. The van der Waals surface area contributed by atoms with E-state index in [9.17, 15) is 13.2 Å². The van der Waals surface area contributed by atoms with Crippen LogP contribution in [0.25, 0.3) is 0 Å². The van der Waals surface area contributed by atoms with Gasteiger partial charge in [-0.25, -0.2) is 12.7 Å². The second-order valence-electron chi connectivity index (χ2n) is 7.24. The molecule has 144 valence electrons. The minimum atomic E-state index is -3.77. The van der Waals surface area contributed by atoms with Crippen molar-refractivity contribution in [3.05, 3.63) is 27.7 Å². The number of carbonyl (C=O) groups is 1. The molecular formula is C17H23Cl2N3O3S. The van der Waals surface area contributed by atoms with Crippen molar-refractivity contribution >= 4 is 39.1 Å². The van der Waals surface area contributed by atoms with Crippen molar-refractivity contribution < 1.29 is 13.2 Å². The van der Waals surface area contributed by atoms with Crippen LogP contribution in [0.3, 0.4) is 0 Å². The Balaban J connectivity index is 1.84. The van der Waals surface area contributed by atoms with E-state index < -0.39 is 10.0 Å². The monoisotopic (exact) mass is 419 g/mol. The maximum atomic E-state index is 12.7. The van der Waals surface area contributed by atoms with Crippen molar-refractivity contribution in [2.24, 2.45) is 0 Å². The van der Waals surface area contributed by atoms with E-state index in [1.807, 2.05) is 0 Å². The molecule has 0 aliphatic carbocycles. The van der Waals surface area contributed by atoms with Gasteiger partial charge in [0.15, 0.2) is 0 Å². The number of benzene rings is 1. The van der Waals surface area contributed by atoms with Crippen molar-refractivity contribution in [2.75, 3.05) is 21.1 Å². The highest BCUT2D eigenvalue weighted by atomic mass is 35.5. The predicted molar refractivity (Wildman–Crippen MR) is 102 cm³/mol. The first-order valence-corrected chi connectivity index (χ1v) is 10.7. The molecule has 3 atom stereocenters. The van der Waals surface area contributed by atoms with E-state index in [0.29, 0.717) is 12.1 Å². The molecule has 2 aliphatic rings. The van der Waals surface area contributed by atoms with Gasteiger partial charge >= 0.3 is 0 Å². The summed E-state index contributed by atoms with van der Waals surface area (Å²) in [7, 11) is 1.18. The zero-order chi connectivity index (χ0) is 19.2. The Morgan fingerprint density at radius 1 is 1.15 bits per heavy atom. The Morgan fingerprint density at radius 3 is 2.27 bits per heavy atom. The van der Waals surface area contributed by atoms with Gasteiger partial charge in [-0.05, 0) is 44.9 Å². The fourth-order valence-corrected chi connectivity index (χ4v) is 5.62. The summed E-state index contributed by atoms with van der Waals surface area (Å²) in [4.78, 5) is 15.0. The number of rotatable bonds is 4. The second kappa shape index (κ2) is 7.28. The molecule has 2 bridgehead atoms. The fourth-order valence-electron chi connectivity index (χ4n) is 3.89. The lowest BCUT2D eigenvalue weighted by Crippen LogP contribution is -2.48. The third-order valence-corrected chi connectivity index (χ3v) is 8.05. The highest BCUT2D eigenvalue weighted by molar-refractivity contribution is 7.89. The highest BCUT2D eigenvalue weighted by Gasteiger charge is 2.39. The lowest BCUT2D eigenvalue weighted by molar-refractivity contribution is 0.0882. The first-order valence-electron chi connectivity index (χ1n) is 8.55. The lowest BCUT2D eigenvalue weighted by atomic mass is 9.97. The van der Waals surface area contributed by atoms with Crippen molar-refractivity contribution in [1.82, 2.24) is 14.5 Å². The highest BCUT2D eigenvalue weighted by Crippen LogP contribution is 2.35. The zero-order valence-corrected chi connectivity index (χ0v) is 17.3. The van der Waals surface area contributed by atoms with E-state index in [2.05, 4.69) is 17.3 Å². The number of amides is 1. The molecule has 1 N–H and O–H groups in total. The number of fused-ring (bicyclic) bond motifs is 2. The van der Waals surface area contributed by atoms with Gasteiger partial charge in [0, 0.05) is 32.2 Å². The van der Waals surface area contributed by atoms with E-state index in [1.165, 1.54) is 26.2 Å².